The first-order valence-corrected chi connectivity index (χ1v) is 8.94. The fourth-order valence-electron chi connectivity index (χ4n) is 3.17. The first-order chi connectivity index (χ1) is 11.6. The van der Waals surface area contributed by atoms with Crippen molar-refractivity contribution in [3.05, 3.63) is 57.7 Å². The van der Waals surface area contributed by atoms with Crippen molar-refractivity contribution in [2.45, 2.75) is 40.2 Å². The Morgan fingerprint density at radius 1 is 1.12 bits per heavy atom. The van der Waals surface area contributed by atoms with Crippen LogP contribution in [0.1, 0.15) is 52.6 Å². The molecule has 0 saturated heterocycles. The van der Waals surface area contributed by atoms with Gasteiger partial charge in [0, 0.05) is 28.4 Å². The fourth-order valence-corrected chi connectivity index (χ4v) is 4.39. The molecule has 5 nitrogen and oxygen atoms in total. The molecule has 0 amide bonds. The van der Waals surface area contributed by atoms with Gasteiger partial charge >= 0.3 is 0 Å². The number of fused-ring (bicyclic) bond motifs is 3. The first-order valence-electron chi connectivity index (χ1n) is 8.12. The molecule has 0 N–H and O–H groups in total. The lowest BCUT2D eigenvalue weighted by Crippen LogP contribution is -2.07. The summed E-state index contributed by atoms with van der Waals surface area (Å²) in [5.41, 5.74) is 4.61. The van der Waals surface area contributed by atoms with Crippen molar-refractivity contribution in [2.24, 2.45) is 4.99 Å². The summed E-state index contributed by atoms with van der Waals surface area (Å²) >= 11 is 1.79. The summed E-state index contributed by atoms with van der Waals surface area (Å²) in [6, 6.07) is 4.07. The predicted octanol–water partition coefficient (Wildman–Crippen LogP) is 3.95. The molecule has 122 valence electrons. The quantitative estimate of drug-likeness (QED) is 0.711. The first kappa shape index (κ1) is 15.2. The Balaban J connectivity index is 2.08. The summed E-state index contributed by atoms with van der Waals surface area (Å²) in [5, 5.41) is 9.92. The Labute approximate surface area is 145 Å². The van der Waals surface area contributed by atoms with Crippen LogP contribution in [0.4, 0.5) is 0 Å². The number of pyridine rings is 1. The lowest BCUT2D eigenvalue weighted by atomic mass is 10.0. The molecule has 1 aliphatic rings. The number of aromatic nitrogens is 4. The Morgan fingerprint density at radius 3 is 2.58 bits per heavy atom. The molecule has 6 heteroatoms. The molecule has 3 aromatic heterocycles. The molecule has 1 unspecified atom stereocenters. The molecular weight excluding hydrogens is 318 g/mol. The Bertz CT molecular complexity index is 936. The number of thiophene rings is 1. The SMILES string of the molecule is CCC1N=C(c2ccncc2)c2c(sc(C)c2C)-n2c(C)nnc21. The van der Waals surface area contributed by atoms with Gasteiger partial charge in [-0.3, -0.25) is 14.5 Å². The van der Waals surface area contributed by atoms with Gasteiger partial charge in [0.15, 0.2) is 5.82 Å². The van der Waals surface area contributed by atoms with E-state index in [1.807, 2.05) is 31.5 Å². The van der Waals surface area contributed by atoms with Crippen molar-refractivity contribution < 1.29 is 0 Å². The van der Waals surface area contributed by atoms with Gasteiger partial charge in [-0.25, -0.2) is 0 Å². The highest BCUT2D eigenvalue weighted by molar-refractivity contribution is 7.15. The lowest BCUT2D eigenvalue weighted by Gasteiger charge is -2.10. The van der Waals surface area contributed by atoms with Crippen molar-refractivity contribution in [1.82, 2.24) is 19.7 Å². The van der Waals surface area contributed by atoms with E-state index in [0.29, 0.717) is 0 Å². The zero-order valence-electron chi connectivity index (χ0n) is 14.2. The van der Waals surface area contributed by atoms with E-state index in [0.717, 1.165) is 29.3 Å². The van der Waals surface area contributed by atoms with Gasteiger partial charge in [-0.2, -0.15) is 0 Å². The predicted molar refractivity (Wildman–Crippen MR) is 96.4 cm³/mol. The molecule has 0 radical (unpaired) electrons. The number of rotatable bonds is 2. The van der Waals surface area contributed by atoms with E-state index in [1.165, 1.54) is 21.0 Å². The third-order valence-corrected chi connectivity index (χ3v) is 5.77. The second-order valence-electron chi connectivity index (χ2n) is 6.04. The van der Waals surface area contributed by atoms with E-state index in [2.05, 4.69) is 40.5 Å². The van der Waals surface area contributed by atoms with Crippen LogP contribution in [-0.4, -0.2) is 25.5 Å². The third-order valence-electron chi connectivity index (χ3n) is 4.58. The summed E-state index contributed by atoms with van der Waals surface area (Å²) in [5.74, 6) is 1.85. The molecule has 0 aliphatic carbocycles. The second kappa shape index (κ2) is 5.63. The topological polar surface area (TPSA) is 56.0 Å². The average molecular weight is 337 g/mol. The Kier molecular flexibility index (Phi) is 3.57. The summed E-state index contributed by atoms with van der Waals surface area (Å²) in [7, 11) is 0. The molecule has 0 spiro atoms. The minimum atomic E-state index is 0.00803. The molecule has 3 aromatic rings. The minimum absolute atomic E-state index is 0.00803. The maximum absolute atomic E-state index is 5.11. The molecule has 1 aliphatic heterocycles. The standard InChI is InChI=1S/C18H19N5S/c1-5-14-17-22-21-12(4)23(17)18-15(10(2)11(3)24-18)16(20-14)13-6-8-19-9-7-13/h6-9,14H,5H2,1-4H3. The molecule has 24 heavy (non-hydrogen) atoms. The largest absolute Gasteiger partial charge is 0.273 e. The maximum atomic E-state index is 5.11. The highest BCUT2D eigenvalue weighted by Crippen LogP contribution is 2.39. The van der Waals surface area contributed by atoms with Gasteiger partial charge in [-0.1, -0.05) is 6.92 Å². The zero-order valence-corrected chi connectivity index (χ0v) is 15.1. The van der Waals surface area contributed by atoms with Crippen molar-refractivity contribution in [3.63, 3.8) is 0 Å². The van der Waals surface area contributed by atoms with Crippen LogP contribution >= 0.6 is 11.3 Å². The van der Waals surface area contributed by atoms with E-state index in [1.54, 1.807) is 11.3 Å². The van der Waals surface area contributed by atoms with Gasteiger partial charge in [0.25, 0.3) is 0 Å². The van der Waals surface area contributed by atoms with Crippen molar-refractivity contribution >= 4 is 17.0 Å². The second-order valence-corrected chi connectivity index (χ2v) is 7.25. The Morgan fingerprint density at radius 2 is 1.88 bits per heavy atom. The van der Waals surface area contributed by atoms with E-state index in [4.69, 9.17) is 4.99 Å². The van der Waals surface area contributed by atoms with E-state index in [-0.39, 0.29) is 6.04 Å². The van der Waals surface area contributed by atoms with Crippen LogP contribution in [0.3, 0.4) is 0 Å². The van der Waals surface area contributed by atoms with E-state index in [9.17, 15) is 0 Å². The number of hydrogen-bond acceptors (Lipinski definition) is 5. The lowest BCUT2D eigenvalue weighted by molar-refractivity contribution is 0.641. The van der Waals surface area contributed by atoms with Crippen molar-refractivity contribution in [2.75, 3.05) is 0 Å². The molecule has 4 heterocycles. The number of nitrogens with zero attached hydrogens (tertiary/aromatic N) is 5. The van der Waals surface area contributed by atoms with Gasteiger partial charge in [0.2, 0.25) is 0 Å². The molecule has 0 aromatic carbocycles. The summed E-state index contributed by atoms with van der Waals surface area (Å²) in [6.07, 6.45) is 4.53. The van der Waals surface area contributed by atoms with Crippen LogP contribution in [0.15, 0.2) is 29.5 Å². The van der Waals surface area contributed by atoms with Gasteiger partial charge < -0.3 is 0 Å². The van der Waals surface area contributed by atoms with Crippen LogP contribution in [0, 0.1) is 20.8 Å². The molecule has 0 bridgehead atoms. The zero-order chi connectivity index (χ0) is 16.8. The van der Waals surface area contributed by atoms with Gasteiger partial charge in [0.1, 0.15) is 16.9 Å². The van der Waals surface area contributed by atoms with E-state index >= 15 is 0 Å². The minimum Gasteiger partial charge on any atom is -0.273 e. The summed E-state index contributed by atoms with van der Waals surface area (Å²) < 4.78 is 2.19. The van der Waals surface area contributed by atoms with Crippen LogP contribution in [0.2, 0.25) is 0 Å². The molecular formula is C18H19N5S. The highest BCUT2D eigenvalue weighted by atomic mass is 32.1. The highest BCUT2D eigenvalue weighted by Gasteiger charge is 2.30. The average Bonchev–Trinajstić information content (AvgIpc) is 3.06. The molecule has 4 rings (SSSR count). The van der Waals surface area contributed by atoms with Gasteiger partial charge in [-0.05, 0) is 44.9 Å². The van der Waals surface area contributed by atoms with Crippen LogP contribution < -0.4 is 0 Å². The smallest absolute Gasteiger partial charge is 0.163 e. The number of hydrogen-bond donors (Lipinski definition) is 0. The summed E-state index contributed by atoms with van der Waals surface area (Å²) in [6.45, 7) is 8.49. The monoisotopic (exact) mass is 337 g/mol. The number of aryl methyl sites for hydroxylation is 2. The van der Waals surface area contributed by atoms with Crippen molar-refractivity contribution in [1.29, 1.82) is 0 Å². The number of aliphatic imine (C=N–C) groups is 1. The fraction of sp³-hybridized carbons (Fsp3) is 0.333. The van der Waals surface area contributed by atoms with E-state index < -0.39 is 0 Å². The van der Waals surface area contributed by atoms with Gasteiger partial charge in [-0.15, -0.1) is 21.5 Å². The molecule has 0 saturated carbocycles. The maximum Gasteiger partial charge on any atom is 0.163 e. The van der Waals surface area contributed by atoms with Crippen LogP contribution in [0.25, 0.3) is 5.00 Å². The third kappa shape index (κ3) is 2.13. The van der Waals surface area contributed by atoms with Crippen LogP contribution in [0.5, 0.6) is 0 Å². The van der Waals surface area contributed by atoms with Crippen molar-refractivity contribution in [3.8, 4) is 5.00 Å². The van der Waals surface area contributed by atoms with Crippen LogP contribution in [-0.2, 0) is 0 Å². The normalized spacial score (nSPS) is 16.3. The molecule has 0 fully saturated rings. The van der Waals surface area contributed by atoms with Gasteiger partial charge in [0.05, 0.1) is 5.71 Å². The molecule has 1 atom stereocenters. The Hall–Kier alpha value is -2.34. The summed E-state index contributed by atoms with van der Waals surface area (Å²) in [4.78, 5) is 10.6.